The van der Waals surface area contributed by atoms with E-state index in [0.29, 0.717) is 18.3 Å². The van der Waals surface area contributed by atoms with Crippen molar-refractivity contribution in [2.24, 2.45) is 0 Å². The maximum absolute atomic E-state index is 12.1. The molecule has 0 unspecified atom stereocenters. The quantitative estimate of drug-likeness (QED) is 0.483. The number of aryl methyl sites for hydroxylation is 1. The van der Waals surface area contributed by atoms with Crippen LogP contribution in [0.2, 0.25) is 0 Å². The van der Waals surface area contributed by atoms with Crippen LogP contribution in [-0.2, 0) is 4.79 Å². The Bertz CT molecular complexity index is 1300. The van der Waals surface area contributed by atoms with E-state index in [1.54, 1.807) is 19.3 Å². The van der Waals surface area contributed by atoms with Crippen LogP contribution in [0, 0.1) is 6.92 Å². The number of hydrogen-bond donors (Lipinski definition) is 1. The van der Waals surface area contributed by atoms with E-state index in [1.165, 1.54) is 0 Å². The number of piperidine rings is 1. The molecule has 1 fully saturated rings. The number of nitrogens with one attached hydrogen (secondary N) is 1. The number of rotatable bonds is 4. The van der Waals surface area contributed by atoms with E-state index in [4.69, 9.17) is 14.4 Å². The number of oxazole rings is 1. The minimum atomic E-state index is 0.0710. The zero-order valence-electron chi connectivity index (χ0n) is 18.9. The lowest BCUT2D eigenvalue weighted by Gasteiger charge is -2.37. The van der Waals surface area contributed by atoms with Gasteiger partial charge in [-0.15, -0.1) is 0 Å². The second kappa shape index (κ2) is 8.61. The van der Waals surface area contributed by atoms with Gasteiger partial charge >= 0.3 is 0 Å². The third kappa shape index (κ3) is 4.41. The number of pyridine rings is 1. The van der Waals surface area contributed by atoms with E-state index in [2.05, 4.69) is 22.2 Å². The molecule has 1 N–H and O–H groups in total. The highest BCUT2D eigenvalue weighted by atomic mass is 16.3. The Morgan fingerprint density at radius 1 is 1.15 bits per heavy atom. The number of nitrogens with zero attached hydrogens (tertiary/aromatic N) is 5. The van der Waals surface area contributed by atoms with Crippen molar-refractivity contribution < 1.29 is 9.21 Å². The van der Waals surface area contributed by atoms with Crippen molar-refractivity contribution in [3.8, 4) is 11.3 Å². The second-order valence-corrected chi connectivity index (χ2v) is 8.57. The number of benzene rings is 1. The molecule has 0 aliphatic carbocycles. The standard InChI is InChI=1S/C25H26N6O2/c1-15-6-7-19(14-31(15)17(3)32)25-29-22(18-5-4-10-26-13-18)12-24(30-25)28-20-8-9-21-23(11-20)33-16(2)27-21/h4-5,8-13,15,19H,6-7,14H2,1-3H3,(H,28,29,30)/t15-,19+/m0/s1. The van der Waals surface area contributed by atoms with Gasteiger partial charge in [0.05, 0.1) is 5.69 Å². The molecular weight excluding hydrogens is 416 g/mol. The summed E-state index contributed by atoms with van der Waals surface area (Å²) in [6.07, 6.45) is 5.40. The Balaban J connectivity index is 1.52. The normalized spacial score (nSPS) is 18.5. The molecule has 8 nitrogen and oxygen atoms in total. The van der Waals surface area contributed by atoms with Gasteiger partial charge in [0.15, 0.2) is 11.5 Å². The minimum Gasteiger partial charge on any atom is -0.441 e. The first-order valence-electron chi connectivity index (χ1n) is 11.2. The zero-order chi connectivity index (χ0) is 22.9. The molecule has 1 aliphatic rings. The number of fused-ring (bicyclic) bond motifs is 1. The summed E-state index contributed by atoms with van der Waals surface area (Å²) in [5.41, 5.74) is 4.09. The lowest BCUT2D eigenvalue weighted by Crippen LogP contribution is -2.44. The lowest BCUT2D eigenvalue weighted by molar-refractivity contribution is -0.132. The number of amides is 1. The van der Waals surface area contributed by atoms with Gasteiger partial charge in [-0.3, -0.25) is 9.78 Å². The van der Waals surface area contributed by atoms with Gasteiger partial charge < -0.3 is 14.6 Å². The molecule has 0 spiro atoms. The first-order valence-corrected chi connectivity index (χ1v) is 11.2. The highest BCUT2D eigenvalue weighted by Gasteiger charge is 2.30. The van der Waals surface area contributed by atoms with Crippen LogP contribution in [-0.4, -0.2) is 43.3 Å². The van der Waals surface area contributed by atoms with Gasteiger partial charge in [-0.05, 0) is 44.0 Å². The largest absolute Gasteiger partial charge is 0.441 e. The third-order valence-corrected chi connectivity index (χ3v) is 6.12. The average Bonchev–Trinajstić information content (AvgIpc) is 3.19. The molecule has 33 heavy (non-hydrogen) atoms. The molecule has 4 heterocycles. The van der Waals surface area contributed by atoms with Crippen LogP contribution in [0.3, 0.4) is 0 Å². The van der Waals surface area contributed by atoms with Crippen LogP contribution >= 0.6 is 0 Å². The molecule has 2 atom stereocenters. The maximum Gasteiger partial charge on any atom is 0.219 e. The zero-order valence-corrected chi connectivity index (χ0v) is 18.9. The molecule has 3 aromatic heterocycles. The Morgan fingerprint density at radius 2 is 2.03 bits per heavy atom. The topological polar surface area (TPSA) is 97.0 Å². The summed E-state index contributed by atoms with van der Waals surface area (Å²) < 4.78 is 5.67. The number of carbonyl (C=O) groups is 1. The molecule has 1 saturated heterocycles. The smallest absolute Gasteiger partial charge is 0.219 e. The van der Waals surface area contributed by atoms with Gasteiger partial charge in [-0.2, -0.15) is 0 Å². The van der Waals surface area contributed by atoms with Crippen molar-refractivity contribution in [1.82, 2.24) is 24.8 Å². The van der Waals surface area contributed by atoms with Gasteiger partial charge in [0.1, 0.15) is 17.2 Å². The van der Waals surface area contributed by atoms with Crippen molar-refractivity contribution in [3.05, 3.63) is 60.5 Å². The summed E-state index contributed by atoms with van der Waals surface area (Å²) in [6, 6.07) is 11.8. The molecular formula is C25H26N6O2. The van der Waals surface area contributed by atoms with Gasteiger partial charge in [-0.25, -0.2) is 15.0 Å². The van der Waals surface area contributed by atoms with E-state index in [-0.39, 0.29) is 17.9 Å². The molecule has 1 aromatic carbocycles. The average molecular weight is 443 g/mol. The van der Waals surface area contributed by atoms with E-state index in [9.17, 15) is 4.79 Å². The predicted octanol–water partition coefficient (Wildman–Crippen LogP) is 4.85. The molecule has 1 amide bonds. The predicted molar refractivity (Wildman–Crippen MR) is 126 cm³/mol. The van der Waals surface area contributed by atoms with Crippen LogP contribution in [0.25, 0.3) is 22.4 Å². The van der Waals surface area contributed by atoms with Crippen molar-refractivity contribution >= 4 is 28.5 Å². The van der Waals surface area contributed by atoms with E-state index >= 15 is 0 Å². The van der Waals surface area contributed by atoms with Crippen molar-refractivity contribution in [2.45, 2.75) is 45.6 Å². The van der Waals surface area contributed by atoms with E-state index < -0.39 is 0 Å². The van der Waals surface area contributed by atoms with Crippen LogP contribution in [0.5, 0.6) is 0 Å². The lowest BCUT2D eigenvalue weighted by atomic mass is 9.92. The van der Waals surface area contributed by atoms with Crippen molar-refractivity contribution in [3.63, 3.8) is 0 Å². The van der Waals surface area contributed by atoms with E-state index in [1.807, 2.05) is 48.2 Å². The van der Waals surface area contributed by atoms with Gasteiger partial charge in [0, 0.05) is 68.1 Å². The summed E-state index contributed by atoms with van der Waals surface area (Å²) in [7, 11) is 0. The Hall–Kier alpha value is -3.81. The van der Waals surface area contributed by atoms with Crippen LogP contribution in [0.1, 0.15) is 44.3 Å². The summed E-state index contributed by atoms with van der Waals surface area (Å²) in [6.45, 7) is 6.17. The number of anilines is 2. The molecule has 5 rings (SSSR count). The monoisotopic (exact) mass is 442 g/mol. The van der Waals surface area contributed by atoms with Gasteiger partial charge in [-0.1, -0.05) is 0 Å². The first-order chi connectivity index (χ1) is 16.0. The fraction of sp³-hybridized carbons (Fsp3) is 0.320. The number of aromatic nitrogens is 4. The van der Waals surface area contributed by atoms with Crippen molar-refractivity contribution in [1.29, 1.82) is 0 Å². The molecule has 4 aromatic rings. The van der Waals surface area contributed by atoms with Gasteiger partial charge in [0.2, 0.25) is 5.91 Å². The molecule has 168 valence electrons. The Kier molecular flexibility index (Phi) is 5.50. The SMILES string of the molecule is CC(=O)N1C[C@H](c2nc(Nc3ccc4nc(C)oc4c3)cc(-c3cccnc3)n2)CC[C@@H]1C. The number of hydrogen-bond acceptors (Lipinski definition) is 7. The molecule has 1 aliphatic heterocycles. The van der Waals surface area contributed by atoms with Crippen LogP contribution in [0.4, 0.5) is 11.5 Å². The minimum absolute atomic E-state index is 0.0710. The highest BCUT2D eigenvalue weighted by molar-refractivity contribution is 5.79. The maximum atomic E-state index is 12.1. The summed E-state index contributed by atoms with van der Waals surface area (Å²) in [5.74, 6) is 2.20. The first kappa shape index (κ1) is 21.1. The summed E-state index contributed by atoms with van der Waals surface area (Å²) in [5, 5.41) is 3.40. The highest BCUT2D eigenvalue weighted by Crippen LogP contribution is 2.31. The van der Waals surface area contributed by atoms with E-state index in [0.717, 1.165) is 46.7 Å². The number of likely N-dealkylation sites (tertiary alicyclic amines) is 1. The van der Waals surface area contributed by atoms with Crippen LogP contribution < -0.4 is 5.32 Å². The summed E-state index contributed by atoms with van der Waals surface area (Å²) in [4.78, 5) is 32.4. The van der Waals surface area contributed by atoms with Gasteiger partial charge in [0.25, 0.3) is 0 Å². The fourth-order valence-corrected chi connectivity index (χ4v) is 4.40. The Labute approximate surface area is 192 Å². The molecule has 8 heteroatoms. The second-order valence-electron chi connectivity index (χ2n) is 8.57. The van der Waals surface area contributed by atoms with Crippen molar-refractivity contribution in [2.75, 3.05) is 11.9 Å². The molecule has 0 radical (unpaired) electrons. The summed E-state index contributed by atoms with van der Waals surface area (Å²) >= 11 is 0. The molecule has 0 saturated carbocycles. The Morgan fingerprint density at radius 3 is 2.82 bits per heavy atom. The van der Waals surface area contributed by atoms with Crippen LogP contribution in [0.15, 0.2) is 53.2 Å². The third-order valence-electron chi connectivity index (χ3n) is 6.12. The number of carbonyl (C=O) groups excluding carboxylic acids is 1. The fourth-order valence-electron chi connectivity index (χ4n) is 4.40. The molecule has 0 bridgehead atoms.